The van der Waals surface area contributed by atoms with Gasteiger partial charge in [-0.1, -0.05) is 38.1 Å². The number of ether oxygens (including phenoxy) is 1. The lowest BCUT2D eigenvalue weighted by Gasteiger charge is -2.16. The number of hydrogen-bond donors (Lipinski definition) is 2. The van der Waals surface area contributed by atoms with Crippen molar-refractivity contribution in [2.45, 2.75) is 39.3 Å². The molecule has 138 valence electrons. The largest absolute Gasteiger partial charge is 0.457 e. The van der Waals surface area contributed by atoms with Crippen LogP contribution in [-0.4, -0.2) is 12.0 Å². The zero-order chi connectivity index (χ0) is 18.9. The predicted octanol–water partition coefficient (Wildman–Crippen LogP) is 4.55. The highest BCUT2D eigenvalue weighted by atomic mass is 19.1. The minimum atomic E-state index is -0.355. The molecular formula is C20H23FN2O3. The summed E-state index contributed by atoms with van der Waals surface area (Å²) < 4.78 is 18.2. The van der Waals surface area contributed by atoms with Crippen LogP contribution in [0.5, 0.6) is 0 Å². The minimum absolute atomic E-state index is 0.237. The molecule has 0 spiro atoms. The van der Waals surface area contributed by atoms with E-state index in [2.05, 4.69) is 10.6 Å². The van der Waals surface area contributed by atoms with Crippen LogP contribution >= 0.6 is 0 Å². The van der Waals surface area contributed by atoms with Gasteiger partial charge in [0.25, 0.3) is 0 Å². The van der Waals surface area contributed by atoms with Gasteiger partial charge in [-0.2, -0.15) is 0 Å². The van der Waals surface area contributed by atoms with Gasteiger partial charge >= 0.3 is 12.0 Å². The fourth-order valence-electron chi connectivity index (χ4n) is 2.37. The van der Waals surface area contributed by atoms with Gasteiger partial charge in [-0.15, -0.1) is 0 Å². The van der Waals surface area contributed by atoms with Crippen LogP contribution in [0, 0.1) is 5.82 Å². The zero-order valence-corrected chi connectivity index (χ0v) is 14.9. The summed E-state index contributed by atoms with van der Waals surface area (Å²) in [4.78, 5) is 23.4. The van der Waals surface area contributed by atoms with Gasteiger partial charge in [0, 0.05) is 18.7 Å². The lowest BCUT2D eigenvalue weighted by molar-refractivity contribution is -0.149. The maximum atomic E-state index is 12.9. The molecule has 2 N–H and O–H groups in total. The number of urea groups is 1. The molecule has 6 heteroatoms. The molecule has 0 aliphatic carbocycles. The summed E-state index contributed by atoms with van der Waals surface area (Å²) >= 11 is 0. The predicted molar refractivity (Wildman–Crippen MR) is 98.1 cm³/mol. The van der Waals surface area contributed by atoms with Gasteiger partial charge in [-0.25, -0.2) is 9.18 Å². The average Bonchev–Trinajstić information content (AvgIpc) is 2.66. The second kappa shape index (κ2) is 9.56. The van der Waals surface area contributed by atoms with Crippen molar-refractivity contribution in [2.24, 2.45) is 0 Å². The van der Waals surface area contributed by atoms with E-state index in [4.69, 9.17) is 4.74 Å². The number of halogens is 1. The molecule has 1 atom stereocenters. The monoisotopic (exact) mass is 358 g/mol. The van der Waals surface area contributed by atoms with E-state index in [1.165, 1.54) is 12.1 Å². The van der Waals surface area contributed by atoms with Crippen molar-refractivity contribution in [1.82, 2.24) is 5.32 Å². The molecule has 0 saturated carbocycles. The van der Waals surface area contributed by atoms with Crippen molar-refractivity contribution in [1.29, 1.82) is 0 Å². The van der Waals surface area contributed by atoms with Crippen molar-refractivity contribution in [3.8, 4) is 0 Å². The number of nitrogens with one attached hydrogen (secondary N) is 2. The molecule has 0 saturated heterocycles. The van der Waals surface area contributed by atoms with Gasteiger partial charge in [0.05, 0.1) is 0 Å². The maximum absolute atomic E-state index is 12.9. The lowest BCUT2D eigenvalue weighted by atomic mass is 10.1. The summed E-state index contributed by atoms with van der Waals surface area (Å²) in [5.74, 6) is -0.549. The summed E-state index contributed by atoms with van der Waals surface area (Å²) in [5.41, 5.74) is 2.31. The van der Waals surface area contributed by atoms with Gasteiger partial charge in [0.1, 0.15) is 11.9 Å². The summed E-state index contributed by atoms with van der Waals surface area (Å²) in [6.45, 7) is 4.00. The number of anilines is 1. The Morgan fingerprint density at radius 3 is 2.27 bits per heavy atom. The van der Waals surface area contributed by atoms with Crippen molar-refractivity contribution < 1.29 is 18.7 Å². The molecule has 0 aliphatic rings. The Kier molecular flexibility index (Phi) is 7.14. The number of esters is 1. The van der Waals surface area contributed by atoms with E-state index in [1.807, 2.05) is 19.1 Å². The van der Waals surface area contributed by atoms with Crippen LogP contribution in [0.2, 0.25) is 0 Å². The number of hydrogen-bond acceptors (Lipinski definition) is 3. The van der Waals surface area contributed by atoms with E-state index in [0.29, 0.717) is 25.1 Å². The standard InChI is InChI=1S/C20H23FN2O3/c1-3-18(26-19(24)4-2)15-7-11-17(12-8-15)23-20(25)22-13-14-5-9-16(21)10-6-14/h5-12,18H,3-4,13H2,1-2H3,(H2,22,23,25). The summed E-state index contributed by atoms with van der Waals surface area (Å²) in [6, 6.07) is 12.8. The van der Waals surface area contributed by atoms with Crippen LogP contribution in [0.15, 0.2) is 48.5 Å². The van der Waals surface area contributed by atoms with E-state index in [-0.39, 0.29) is 23.9 Å². The van der Waals surface area contributed by atoms with Crippen LogP contribution in [0.4, 0.5) is 14.9 Å². The Balaban J connectivity index is 1.88. The Morgan fingerprint density at radius 2 is 1.69 bits per heavy atom. The van der Waals surface area contributed by atoms with E-state index in [1.54, 1.807) is 31.2 Å². The number of carbonyl (C=O) groups excluding carboxylic acids is 2. The van der Waals surface area contributed by atoms with Crippen LogP contribution in [0.1, 0.15) is 43.9 Å². The smallest absolute Gasteiger partial charge is 0.319 e. The average molecular weight is 358 g/mol. The quantitative estimate of drug-likeness (QED) is 0.714. The second-order valence-electron chi connectivity index (χ2n) is 5.80. The molecule has 0 fully saturated rings. The highest BCUT2D eigenvalue weighted by Gasteiger charge is 2.13. The summed E-state index contributed by atoms with van der Waals surface area (Å²) in [6.07, 6.45) is 0.727. The van der Waals surface area contributed by atoms with Crippen LogP contribution in [0.3, 0.4) is 0 Å². The molecule has 5 nitrogen and oxygen atoms in total. The Labute approximate surface area is 152 Å². The Morgan fingerprint density at radius 1 is 1.04 bits per heavy atom. The topological polar surface area (TPSA) is 67.4 Å². The fourth-order valence-corrected chi connectivity index (χ4v) is 2.37. The molecule has 0 heterocycles. The minimum Gasteiger partial charge on any atom is -0.457 e. The van der Waals surface area contributed by atoms with Gasteiger partial charge in [-0.05, 0) is 41.8 Å². The highest BCUT2D eigenvalue weighted by Crippen LogP contribution is 2.23. The van der Waals surface area contributed by atoms with Crippen molar-refractivity contribution in [2.75, 3.05) is 5.32 Å². The van der Waals surface area contributed by atoms with Crippen LogP contribution in [0.25, 0.3) is 0 Å². The first-order chi connectivity index (χ1) is 12.5. The van der Waals surface area contributed by atoms with Crippen LogP contribution in [-0.2, 0) is 16.1 Å². The van der Waals surface area contributed by atoms with Gasteiger partial charge in [0.15, 0.2) is 0 Å². The molecule has 26 heavy (non-hydrogen) atoms. The van der Waals surface area contributed by atoms with Gasteiger partial charge < -0.3 is 15.4 Å². The number of rotatable bonds is 7. The maximum Gasteiger partial charge on any atom is 0.319 e. The lowest BCUT2D eigenvalue weighted by Crippen LogP contribution is -2.28. The number of benzene rings is 2. The molecule has 2 rings (SSSR count). The summed E-state index contributed by atoms with van der Waals surface area (Å²) in [5, 5.41) is 5.44. The molecule has 0 bridgehead atoms. The third-order valence-corrected chi connectivity index (χ3v) is 3.84. The van der Waals surface area contributed by atoms with Crippen molar-refractivity contribution >= 4 is 17.7 Å². The van der Waals surface area contributed by atoms with Crippen molar-refractivity contribution in [3.63, 3.8) is 0 Å². The van der Waals surface area contributed by atoms with Gasteiger partial charge in [0.2, 0.25) is 0 Å². The SMILES string of the molecule is CCC(=O)OC(CC)c1ccc(NC(=O)NCc2ccc(F)cc2)cc1. The van der Waals surface area contributed by atoms with Crippen molar-refractivity contribution in [3.05, 3.63) is 65.5 Å². The van der Waals surface area contributed by atoms with E-state index in [0.717, 1.165) is 11.1 Å². The molecule has 2 amide bonds. The first-order valence-corrected chi connectivity index (χ1v) is 8.60. The normalized spacial score (nSPS) is 11.5. The molecule has 2 aromatic carbocycles. The van der Waals surface area contributed by atoms with E-state index in [9.17, 15) is 14.0 Å². The number of amides is 2. The Hall–Kier alpha value is -2.89. The molecule has 0 aromatic heterocycles. The molecular weight excluding hydrogens is 335 g/mol. The molecule has 1 unspecified atom stereocenters. The third kappa shape index (κ3) is 5.88. The van der Waals surface area contributed by atoms with E-state index < -0.39 is 0 Å². The Bertz CT molecular complexity index is 730. The van der Waals surface area contributed by atoms with E-state index >= 15 is 0 Å². The van der Waals surface area contributed by atoms with Gasteiger partial charge in [-0.3, -0.25) is 4.79 Å². The summed E-state index contributed by atoms with van der Waals surface area (Å²) in [7, 11) is 0. The highest BCUT2D eigenvalue weighted by molar-refractivity contribution is 5.89. The van der Waals surface area contributed by atoms with Crippen LogP contribution < -0.4 is 10.6 Å². The first kappa shape index (κ1) is 19.4. The third-order valence-electron chi connectivity index (χ3n) is 3.84. The molecule has 0 aliphatic heterocycles. The molecule has 2 aromatic rings. The first-order valence-electron chi connectivity index (χ1n) is 8.60. The fraction of sp³-hybridized carbons (Fsp3) is 0.300. The number of carbonyl (C=O) groups is 2. The molecule has 0 radical (unpaired) electrons. The zero-order valence-electron chi connectivity index (χ0n) is 14.9. The second-order valence-corrected chi connectivity index (χ2v) is 5.80.